The molecule has 126 valence electrons. The van der Waals surface area contributed by atoms with Gasteiger partial charge in [-0.2, -0.15) is 0 Å². The van der Waals surface area contributed by atoms with Crippen molar-refractivity contribution in [1.29, 1.82) is 0 Å². The lowest BCUT2D eigenvalue weighted by molar-refractivity contribution is -0.126. The molecule has 4 heteroatoms. The fourth-order valence-corrected chi connectivity index (χ4v) is 2.95. The van der Waals surface area contributed by atoms with Gasteiger partial charge in [0, 0.05) is 5.92 Å². The van der Waals surface area contributed by atoms with Crippen LogP contribution in [0.25, 0.3) is 0 Å². The first kappa shape index (κ1) is 16.5. The standard InChI is InChI=1S/C20H24N2O2/c1-15(22-20(23)17-11-13-21-14-12-17)16-7-9-19(10-8-16)24-18-5-3-2-4-6-18/h2-10,15,17,21H,11-14H2,1H3,(H,22,23)/t15-/m0/s1. The molecule has 2 aromatic carbocycles. The predicted octanol–water partition coefficient (Wildman–Crippen LogP) is 3.66. The number of hydrogen-bond donors (Lipinski definition) is 2. The SMILES string of the molecule is C[C@H](NC(=O)C1CCNCC1)c1ccc(Oc2ccccc2)cc1. The summed E-state index contributed by atoms with van der Waals surface area (Å²) in [7, 11) is 0. The van der Waals surface area contributed by atoms with Gasteiger partial charge in [0.2, 0.25) is 5.91 Å². The maximum absolute atomic E-state index is 12.3. The fourth-order valence-electron chi connectivity index (χ4n) is 2.95. The van der Waals surface area contributed by atoms with Crippen LogP contribution in [0.1, 0.15) is 31.4 Å². The topological polar surface area (TPSA) is 50.4 Å². The Morgan fingerprint density at radius 2 is 1.67 bits per heavy atom. The van der Waals surface area contributed by atoms with Gasteiger partial charge < -0.3 is 15.4 Å². The number of carbonyl (C=O) groups is 1. The van der Waals surface area contributed by atoms with E-state index in [0.29, 0.717) is 0 Å². The second-order valence-electron chi connectivity index (χ2n) is 6.24. The van der Waals surface area contributed by atoms with Crippen LogP contribution in [0.5, 0.6) is 11.5 Å². The van der Waals surface area contributed by atoms with Crippen LogP contribution in [0.4, 0.5) is 0 Å². The lowest BCUT2D eigenvalue weighted by Gasteiger charge is -2.24. The Hall–Kier alpha value is -2.33. The molecule has 24 heavy (non-hydrogen) atoms. The first-order chi connectivity index (χ1) is 11.7. The molecule has 0 unspecified atom stereocenters. The number of rotatable bonds is 5. The molecule has 2 aromatic rings. The van der Waals surface area contributed by atoms with E-state index >= 15 is 0 Å². The highest BCUT2D eigenvalue weighted by Crippen LogP contribution is 2.23. The summed E-state index contributed by atoms with van der Waals surface area (Å²) in [6.45, 7) is 3.88. The van der Waals surface area contributed by atoms with Crippen LogP contribution in [0, 0.1) is 5.92 Å². The van der Waals surface area contributed by atoms with Crippen molar-refractivity contribution in [1.82, 2.24) is 10.6 Å². The third-order valence-electron chi connectivity index (χ3n) is 4.43. The molecular formula is C20H24N2O2. The first-order valence-electron chi connectivity index (χ1n) is 8.56. The summed E-state index contributed by atoms with van der Waals surface area (Å²) in [6, 6.07) is 17.6. The van der Waals surface area contributed by atoms with Crippen LogP contribution in [-0.4, -0.2) is 19.0 Å². The molecule has 1 heterocycles. The Kier molecular flexibility index (Phi) is 5.49. The first-order valence-corrected chi connectivity index (χ1v) is 8.56. The van der Waals surface area contributed by atoms with Gasteiger partial charge in [0.15, 0.2) is 0 Å². The number of carbonyl (C=O) groups excluding carboxylic acids is 1. The van der Waals surface area contributed by atoms with Crippen LogP contribution in [0.3, 0.4) is 0 Å². The zero-order valence-electron chi connectivity index (χ0n) is 14.0. The van der Waals surface area contributed by atoms with Crippen LogP contribution in [0.2, 0.25) is 0 Å². The van der Waals surface area contributed by atoms with Gasteiger partial charge in [0.05, 0.1) is 6.04 Å². The van der Waals surface area contributed by atoms with Gasteiger partial charge in [-0.1, -0.05) is 30.3 Å². The Balaban J connectivity index is 1.57. The maximum Gasteiger partial charge on any atom is 0.223 e. The summed E-state index contributed by atoms with van der Waals surface area (Å²) in [5.41, 5.74) is 1.08. The van der Waals surface area contributed by atoms with Gasteiger partial charge in [0.1, 0.15) is 11.5 Å². The average molecular weight is 324 g/mol. The molecule has 0 aliphatic carbocycles. The van der Waals surface area contributed by atoms with E-state index in [9.17, 15) is 4.79 Å². The Bertz CT molecular complexity index is 649. The van der Waals surface area contributed by atoms with Crippen molar-refractivity contribution in [3.05, 3.63) is 60.2 Å². The summed E-state index contributed by atoms with van der Waals surface area (Å²) in [6.07, 6.45) is 1.84. The Morgan fingerprint density at radius 1 is 1.04 bits per heavy atom. The predicted molar refractivity (Wildman–Crippen MR) is 95.1 cm³/mol. The number of nitrogens with one attached hydrogen (secondary N) is 2. The summed E-state index contributed by atoms with van der Waals surface area (Å²) >= 11 is 0. The molecule has 0 bridgehead atoms. The molecule has 3 rings (SSSR count). The van der Waals surface area contributed by atoms with Gasteiger partial charge in [-0.25, -0.2) is 0 Å². The van der Waals surface area contributed by atoms with E-state index in [4.69, 9.17) is 4.74 Å². The van der Waals surface area contributed by atoms with Crippen molar-refractivity contribution >= 4 is 5.91 Å². The molecular weight excluding hydrogens is 300 g/mol. The second kappa shape index (κ2) is 7.97. The van der Waals surface area contributed by atoms with E-state index in [-0.39, 0.29) is 17.9 Å². The van der Waals surface area contributed by atoms with Crippen molar-refractivity contribution in [2.45, 2.75) is 25.8 Å². The zero-order valence-corrected chi connectivity index (χ0v) is 14.0. The zero-order chi connectivity index (χ0) is 16.8. The molecule has 0 aromatic heterocycles. The second-order valence-corrected chi connectivity index (χ2v) is 6.24. The summed E-state index contributed by atoms with van der Waals surface area (Å²) < 4.78 is 5.80. The lowest BCUT2D eigenvalue weighted by atomic mass is 9.96. The lowest BCUT2D eigenvalue weighted by Crippen LogP contribution is -2.39. The van der Waals surface area contributed by atoms with E-state index in [1.165, 1.54) is 0 Å². The van der Waals surface area contributed by atoms with Crippen molar-refractivity contribution in [3.63, 3.8) is 0 Å². The largest absolute Gasteiger partial charge is 0.457 e. The summed E-state index contributed by atoms with van der Waals surface area (Å²) in [5, 5.41) is 6.41. The number of amides is 1. The van der Waals surface area contributed by atoms with E-state index in [1.54, 1.807) is 0 Å². The van der Waals surface area contributed by atoms with Crippen LogP contribution >= 0.6 is 0 Å². The molecule has 0 radical (unpaired) electrons. The number of piperidine rings is 1. The highest BCUT2D eigenvalue weighted by Gasteiger charge is 2.22. The highest BCUT2D eigenvalue weighted by molar-refractivity contribution is 5.79. The third-order valence-corrected chi connectivity index (χ3v) is 4.43. The minimum atomic E-state index is -0.00170. The van der Waals surface area contributed by atoms with Gasteiger partial charge >= 0.3 is 0 Å². The van der Waals surface area contributed by atoms with E-state index < -0.39 is 0 Å². The third kappa shape index (κ3) is 4.36. The quantitative estimate of drug-likeness (QED) is 0.882. The summed E-state index contributed by atoms with van der Waals surface area (Å²) in [4.78, 5) is 12.3. The van der Waals surface area contributed by atoms with Gasteiger partial charge in [0.25, 0.3) is 0 Å². The monoisotopic (exact) mass is 324 g/mol. The molecule has 0 saturated carbocycles. The van der Waals surface area contributed by atoms with Crippen LogP contribution < -0.4 is 15.4 Å². The maximum atomic E-state index is 12.3. The van der Waals surface area contributed by atoms with Gasteiger partial charge in [-0.05, 0) is 62.7 Å². The van der Waals surface area contributed by atoms with E-state index in [2.05, 4.69) is 10.6 Å². The van der Waals surface area contributed by atoms with E-state index in [1.807, 2.05) is 61.5 Å². The molecule has 2 N–H and O–H groups in total. The van der Waals surface area contributed by atoms with Crippen molar-refractivity contribution in [2.75, 3.05) is 13.1 Å². The normalized spacial score (nSPS) is 16.4. The van der Waals surface area contributed by atoms with Crippen LogP contribution in [0.15, 0.2) is 54.6 Å². The van der Waals surface area contributed by atoms with Crippen LogP contribution in [-0.2, 0) is 4.79 Å². The molecule has 1 fully saturated rings. The Labute approximate surface area is 143 Å². The molecule has 1 amide bonds. The van der Waals surface area contributed by atoms with Gasteiger partial charge in [-0.15, -0.1) is 0 Å². The highest BCUT2D eigenvalue weighted by atomic mass is 16.5. The number of hydrogen-bond acceptors (Lipinski definition) is 3. The van der Waals surface area contributed by atoms with Crippen molar-refractivity contribution in [2.24, 2.45) is 5.92 Å². The Morgan fingerprint density at radius 3 is 2.33 bits per heavy atom. The summed E-state index contributed by atoms with van der Waals surface area (Å²) in [5.74, 6) is 1.90. The smallest absolute Gasteiger partial charge is 0.223 e. The number of para-hydroxylation sites is 1. The van der Waals surface area contributed by atoms with Gasteiger partial charge in [-0.3, -0.25) is 4.79 Å². The minimum Gasteiger partial charge on any atom is -0.457 e. The molecule has 1 aliphatic heterocycles. The molecule has 1 aliphatic rings. The fraction of sp³-hybridized carbons (Fsp3) is 0.350. The minimum absolute atomic E-state index is 0.00170. The van der Waals surface area contributed by atoms with E-state index in [0.717, 1.165) is 43.0 Å². The molecule has 1 atom stereocenters. The average Bonchev–Trinajstić information content (AvgIpc) is 2.64. The van der Waals surface area contributed by atoms with Crippen molar-refractivity contribution < 1.29 is 9.53 Å². The molecule has 4 nitrogen and oxygen atoms in total. The molecule has 0 spiro atoms. The number of ether oxygens (including phenoxy) is 1. The van der Waals surface area contributed by atoms with Crippen molar-refractivity contribution in [3.8, 4) is 11.5 Å². The number of benzene rings is 2. The molecule has 1 saturated heterocycles.